The van der Waals surface area contributed by atoms with Gasteiger partial charge >= 0.3 is 0 Å². The van der Waals surface area contributed by atoms with Gasteiger partial charge in [0.05, 0.1) is 5.69 Å². The fourth-order valence-electron chi connectivity index (χ4n) is 2.60. The SMILES string of the molecule is CCCc1nc(Cc2ccc(Br)cc2)nc2c1CNC2. The molecule has 0 bridgehead atoms. The Morgan fingerprint density at radius 2 is 1.95 bits per heavy atom. The van der Waals surface area contributed by atoms with Gasteiger partial charge in [0, 0.05) is 35.2 Å². The standard InChI is InChI=1S/C16H18BrN3/c1-2-3-14-13-9-18-10-15(13)20-16(19-14)8-11-4-6-12(17)7-5-11/h4-7,18H,2-3,8-10H2,1H3. The topological polar surface area (TPSA) is 37.8 Å². The van der Waals surface area contributed by atoms with Gasteiger partial charge in [0.25, 0.3) is 0 Å². The molecule has 0 atom stereocenters. The number of aromatic nitrogens is 2. The normalized spacial score (nSPS) is 13.5. The third-order valence-corrected chi connectivity index (χ3v) is 4.11. The summed E-state index contributed by atoms with van der Waals surface area (Å²) >= 11 is 3.46. The second kappa shape index (κ2) is 6.02. The molecule has 20 heavy (non-hydrogen) atoms. The second-order valence-electron chi connectivity index (χ2n) is 5.17. The third kappa shape index (κ3) is 2.91. The van der Waals surface area contributed by atoms with Crippen LogP contribution in [0.3, 0.4) is 0 Å². The van der Waals surface area contributed by atoms with E-state index in [9.17, 15) is 0 Å². The average molecular weight is 332 g/mol. The van der Waals surface area contributed by atoms with Crippen molar-refractivity contribution < 1.29 is 0 Å². The maximum Gasteiger partial charge on any atom is 0.133 e. The fraction of sp³-hybridized carbons (Fsp3) is 0.375. The molecule has 1 aromatic carbocycles. The monoisotopic (exact) mass is 331 g/mol. The van der Waals surface area contributed by atoms with E-state index in [2.05, 4.69) is 52.4 Å². The molecule has 3 nitrogen and oxygen atoms in total. The molecule has 0 saturated heterocycles. The summed E-state index contributed by atoms with van der Waals surface area (Å²) in [6.07, 6.45) is 2.97. The van der Waals surface area contributed by atoms with E-state index in [1.807, 2.05) is 0 Å². The molecule has 2 heterocycles. The molecular formula is C16H18BrN3. The number of hydrogen-bond donors (Lipinski definition) is 1. The number of nitrogens with zero attached hydrogens (tertiary/aromatic N) is 2. The Morgan fingerprint density at radius 3 is 2.70 bits per heavy atom. The van der Waals surface area contributed by atoms with E-state index in [0.29, 0.717) is 0 Å². The maximum absolute atomic E-state index is 4.79. The highest BCUT2D eigenvalue weighted by Crippen LogP contribution is 2.20. The predicted octanol–water partition coefficient (Wildman–Crippen LogP) is 3.39. The van der Waals surface area contributed by atoms with Gasteiger partial charge in [0.2, 0.25) is 0 Å². The van der Waals surface area contributed by atoms with Gasteiger partial charge in [0.1, 0.15) is 5.82 Å². The number of hydrogen-bond acceptors (Lipinski definition) is 3. The fourth-order valence-corrected chi connectivity index (χ4v) is 2.87. The summed E-state index contributed by atoms with van der Waals surface area (Å²) in [5.41, 5.74) is 5.00. The molecule has 1 aliphatic heterocycles. The van der Waals surface area contributed by atoms with E-state index in [0.717, 1.165) is 42.6 Å². The van der Waals surface area contributed by atoms with Crippen molar-refractivity contribution >= 4 is 15.9 Å². The second-order valence-corrected chi connectivity index (χ2v) is 6.08. The van der Waals surface area contributed by atoms with Gasteiger partial charge in [-0.2, -0.15) is 0 Å². The summed E-state index contributed by atoms with van der Waals surface area (Å²) in [6, 6.07) is 8.38. The third-order valence-electron chi connectivity index (χ3n) is 3.58. The van der Waals surface area contributed by atoms with Crippen LogP contribution in [0.5, 0.6) is 0 Å². The van der Waals surface area contributed by atoms with Crippen molar-refractivity contribution in [2.45, 2.75) is 39.3 Å². The van der Waals surface area contributed by atoms with E-state index in [-0.39, 0.29) is 0 Å². The molecule has 0 unspecified atom stereocenters. The Hall–Kier alpha value is -1.26. The molecule has 0 aliphatic carbocycles. The van der Waals surface area contributed by atoms with Crippen molar-refractivity contribution in [3.63, 3.8) is 0 Å². The summed E-state index contributed by atoms with van der Waals surface area (Å²) < 4.78 is 1.10. The molecule has 0 saturated carbocycles. The number of rotatable bonds is 4. The van der Waals surface area contributed by atoms with Crippen LogP contribution in [0, 0.1) is 0 Å². The van der Waals surface area contributed by atoms with E-state index >= 15 is 0 Å². The minimum Gasteiger partial charge on any atom is -0.307 e. The lowest BCUT2D eigenvalue weighted by atomic mass is 10.1. The van der Waals surface area contributed by atoms with Crippen molar-refractivity contribution in [3.05, 3.63) is 57.1 Å². The summed E-state index contributed by atoms with van der Waals surface area (Å²) in [4.78, 5) is 9.52. The number of halogens is 1. The van der Waals surface area contributed by atoms with Gasteiger partial charge in [-0.05, 0) is 24.1 Å². The summed E-state index contributed by atoms with van der Waals surface area (Å²) in [6.45, 7) is 4.00. The predicted molar refractivity (Wildman–Crippen MR) is 83.5 cm³/mol. The molecule has 0 amide bonds. The van der Waals surface area contributed by atoms with Gasteiger partial charge < -0.3 is 5.32 Å². The van der Waals surface area contributed by atoms with Gasteiger partial charge in [0.15, 0.2) is 0 Å². The van der Waals surface area contributed by atoms with Crippen molar-refractivity contribution in [3.8, 4) is 0 Å². The molecule has 1 aromatic heterocycles. The number of nitrogens with one attached hydrogen (secondary N) is 1. The molecule has 0 radical (unpaired) electrons. The van der Waals surface area contributed by atoms with Crippen LogP contribution in [-0.2, 0) is 25.9 Å². The van der Waals surface area contributed by atoms with E-state index in [4.69, 9.17) is 9.97 Å². The van der Waals surface area contributed by atoms with Crippen LogP contribution in [-0.4, -0.2) is 9.97 Å². The van der Waals surface area contributed by atoms with Crippen LogP contribution in [0.1, 0.15) is 41.7 Å². The largest absolute Gasteiger partial charge is 0.307 e. The smallest absolute Gasteiger partial charge is 0.133 e. The molecule has 104 valence electrons. The van der Waals surface area contributed by atoms with Crippen LogP contribution < -0.4 is 5.32 Å². The highest BCUT2D eigenvalue weighted by Gasteiger charge is 2.18. The zero-order valence-corrected chi connectivity index (χ0v) is 13.2. The lowest BCUT2D eigenvalue weighted by Crippen LogP contribution is -2.06. The van der Waals surface area contributed by atoms with Gasteiger partial charge in [-0.1, -0.05) is 41.4 Å². The number of benzene rings is 1. The Bertz CT molecular complexity index is 608. The number of aryl methyl sites for hydroxylation is 1. The van der Waals surface area contributed by atoms with Crippen molar-refractivity contribution in [1.29, 1.82) is 0 Å². The van der Waals surface area contributed by atoms with Gasteiger partial charge in [-0.3, -0.25) is 0 Å². The minimum absolute atomic E-state index is 0.803. The first-order valence-corrected chi connectivity index (χ1v) is 7.88. The van der Waals surface area contributed by atoms with Crippen LogP contribution in [0.25, 0.3) is 0 Å². The first-order chi connectivity index (χ1) is 9.76. The van der Waals surface area contributed by atoms with Gasteiger partial charge in [-0.25, -0.2) is 9.97 Å². The minimum atomic E-state index is 0.803. The average Bonchev–Trinajstić information content (AvgIpc) is 2.90. The van der Waals surface area contributed by atoms with E-state index in [1.165, 1.54) is 22.5 Å². The number of fused-ring (bicyclic) bond motifs is 1. The Morgan fingerprint density at radius 1 is 1.15 bits per heavy atom. The van der Waals surface area contributed by atoms with Crippen molar-refractivity contribution in [2.75, 3.05) is 0 Å². The van der Waals surface area contributed by atoms with Crippen LogP contribution in [0.15, 0.2) is 28.7 Å². The molecule has 4 heteroatoms. The highest BCUT2D eigenvalue weighted by atomic mass is 79.9. The summed E-state index contributed by atoms with van der Waals surface area (Å²) in [5, 5.41) is 3.38. The first kappa shape index (κ1) is 13.7. The van der Waals surface area contributed by atoms with E-state index in [1.54, 1.807) is 0 Å². The molecular weight excluding hydrogens is 314 g/mol. The lowest BCUT2D eigenvalue weighted by molar-refractivity contribution is 0.753. The Labute approximate surface area is 128 Å². The molecule has 3 rings (SSSR count). The van der Waals surface area contributed by atoms with E-state index < -0.39 is 0 Å². The summed E-state index contributed by atoms with van der Waals surface area (Å²) in [5.74, 6) is 0.943. The van der Waals surface area contributed by atoms with Crippen molar-refractivity contribution in [1.82, 2.24) is 15.3 Å². The zero-order chi connectivity index (χ0) is 13.9. The zero-order valence-electron chi connectivity index (χ0n) is 11.6. The van der Waals surface area contributed by atoms with Gasteiger partial charge in [-0.15, -0.1) is 0 Å². The molecule has 1 aliphatic rings. The van der Waals surface area contributed by atoms with Crippen LogP contribution >= 0.6 is 15.9 Å². The highest BCUT2D eigenvalue weighted by molar-refractivity contribution is 9.10. The molecule has 0 fully saturated rings. The molecule has 2 aromatic rings. The van der Waals surface area contributed by atoms with Crippen LogP contribution in [0.4, 0.5) is 0 Å². The lowest BCUT2D eigenvalue weighted by Gasteiger charge is -2.09. The molecule has 1 N–H and O–H groups in total. The maximum atomic E-state index is 4.79. The quantitative estimate of drug-likeness (QED) is 0.933. The Kier molecular flexibility index (Phi) is 4.13. The summed E-state index contributed by atoms with van der Waals surface area (Å²) in [7, 11) is 0. The van der Waals surface area contributed by atoms with Crippen molar-refractivity contribution in [2.24, 2.45) is 0 Å². The Balaban J connectivity index is 1.89. The van der Waals surface area contributed by atoms with Crippen LogP contribution in [0.2, 0.25) is 0 Å². The molecule has 0 spiro atoms. The first-order valence-electron chi connectivity index (χ1n) is 7.09.